The maximum atomic E-state index is 12.0. The van der Waals surface area contributed by atoms with E-state index in [1.165, 1.54) is 30.9 Å². The number of anilines is 1. The summed E-state index contributed by atoms with van der Waals surface area (Å²) in [6.07, 6.45) is -2.38. The highest BCUT2D eigenvalue weighted by molar-refractivity contribution is 5.75. The van der Waals surface area contributed by atoms with Crippen LogP contribution in [0.2, 0.25) is 0 Å². The summed E-state index contributed by atoms with van der Waals surface area (Å²) < 4.78 is 28.6. The molecule has 3 N–H and O–H groups in total. The number of carbonyl (C=O) groups excluding carboxylic acids is 3. The Balaban J connectivity index is 1.95. The Labute approximate surface area is 200 Å². The van der Waals surface area contributed by atoms with Crippen LogP contribution in [0, 0.1) is 11.3 Å². The molecule has 2 aromatic heterocycles. The Morgan fingerprint density at radius 3 is 2.66 bits per heavy atom. The first-order valence-corrected chi connectivity index (χ1v) is 10.6. The molecule has 1 aliphatic rings. The highest BCUT2D eigenvalue weighted by Crippen LogP contribution is 2.43. The molecule has 3 heterocycles. The van der Waals surface area contributed by atoms with Crippen molar-refractivity contribution in [3.8, 4) is 6.07 Å². The summed E-state index contributed by atoms with van der Waals surface area (Å²) >= 11 is 0. The van der Waals surface area contributed by atoms with E-state index >= 15 is 0 Å². The predicted octanol–water partition coefficient (Wildman–Crippen LogP) is -0.582. The molecule has 1 fully saturated rings. The number of nitriles is 1. The lowest BCUT2D eigenvalue weighted by Crippen LogP contribution is -2.46. The smallest absolute Gasteiger partial charge is 0.322 e. The van der Waals surface area contributed by atoms with Gasteiger partial charge in [0.1, 0.15) is 30.1 Å². The average molecular weight is 490 g/mol. The third-order valence-corrected chi connectivity index (χ3v) is 5.35. The van der Waals surface area contributed by atoms with Crippen LogP contribution in [0.5, 0.6) is 0 Å². The second-order valence-electron chi connectivity index (χ2n) is 7.73. The van der Waals surface area contributed by atoms with Gasteiger partial charge in [-0.1, -0.05) is 0 Å². The lowest BCUT2D eigenvalue weighted by Gasteiger charge is -2.28. The first-order chi connectivity index (χ1) is 16.6. The molecule has 0 aromatic carbocycles. The highest BCUT2D eigenvalue weighted by atomic mass is 16.7. The minimum absolute atomic E-state index is 0.0848. The SMILES string of the molecule is COC(=O)[C@H](C)NCOC[C@H]1O[C@@](C#N)(c2ccc3c(N)ncnn23)[C@H](OC(C)=O)[C@@H]1OC(C)=O. The van der Waals surface area contributed by atoms with Gasteiger partial charge in [0.15, 0.2) is 18.0 Å². The van der Waals surface area contributed by atoms with Gasteiger partial charge >= 0.3 is 17.9 Å². The zero-order chi connectivity index (χ0) is 25.8. The molecule has 5 atom stereocenters. The number of fused-ring (bicyclic) bond motifs is 1. The van der Waals surface area contributed by atoms with Crippen LogP contribution in [0.15, 0.2) is 18.5 Å². The van der Waals surface area contributed by atoms with Gasteiger partial charge in [0.25, 0.3) is 0 Å². The number of nitrogens with zero attached hydrogens (tertiary/aromatic N) is 4. The van der Waals surface area contributed by atoms with Crippen LogP contribution in [-0.2, 0) is 43.7 Å². The second kappa shape index (κ2) is 10.6. The first kappa shape index (κ1) is 25.8. The van der Waals surface area contributed by atoms with E-state index in [0.717, 1.165) is 6.92 Å². The van der Waals surface area contributed by atoms with Crippen molar-refractivity contribution in [2.75, 3.05) is 26.2 Å². The molecule has 2 aromatic rings. The highest BCUT2D eigenvalue weighted by Gasteiger charge is 2.62. The van der Waals surface area contributed by atoms with Gasteiger partial charge in [-0.25, -0.2) is 9.50 Å². The van der Waals surface area contributed by atoms with Crippen molar-refractivity contribution in [1.82, 2.24) is 19.9 Å². The molecule has 14 nitrogen and oxygen atoms in total. The Morgan fingerprint density at radius 2 is 2.03 bits per heavy atom. The predicted molar refractivity (Wildman–Crippen MR) is 116 cm³/mol. The van der Waals surface area contributed by atoms with E-state index in [2.05, 4.69) is 26.2 Å². The summed E-state index contributed by atoms with van der Waals surface area (Å²) in [5.41, 5.74) is 4.57. The molecule has 0 spiro atoms. The van der Waals surface area contributed by atoms with Gasteiger partial charge in [-0.15, -0.1) is 0 Å². The number of aromatic nitrogens is 3. The number of nitrogens with two attached hydrogens (primary N) is 1. The van der Waals surface area contributed by atoms with Crippen LogP contribution >= 0.6 is 0 Å². The standard InChI is InChI=1S/C21H26N6O8/c1-11(20(30)31-4)25-10-32-7-15-17(33-12(2)28)18(34-13(3)29)21(8-22,35-15)16-6-5-14-19(23)24-9-26-27(14)16/h5-6,9,11,15,17-18,25H,7,10H2,1-4H3,(H2,23,24,26)/t11-,15+,17+,18+,21-/m0/s1. The van der Waals surface area contributed by atoms with Gasteiger partial charge in [-0.3, -0.25) is 19.7 Å². The maximum Gasteiger partial charge on any atom is 0.322 e. The van der Waals surface area contributed by atoms with Crippen molar-refractivity contribution >= 4 is 29.2 Å². The van der Waals surface area contributed by atoms with Crippen molar-refractivity contribution in [2.45, 2.75) is 50.7 Å². The summed E-state index contributed by atoms with van der Waals surface area (Å²) in [7, 11) is 1.26. The van der Waals surface area contributed by atoms with E-state index in [0.29, 0.717) is 5.52 Å². The summed E-state index contributed by atoms with van der Waals surface area (Å²) in [6, 6.07) is 4.54. The van der Waals surface area contributed by atoms with Crippen molar-refractivity contribution < 1.29 is 38.1 Å². The Morgan fingerprint density at radius 1 is 1.31 bits per heavy atom. The van der Waals surface area contributed by atoms with Crippen LogP contribution in [0.1, 0.15) is 26.5 Å². The number of ether oxygens (including phenoxy) is 5. The Bertz CT molecular complexity index is 1150. The minimum Gasteiger partial charge on any atom is -0.468 e. The lowest BCUT2D eigenvalue weighted by molar-refractivity contribution is -0.166. The molecule has 0 amide bonds. The molecule has 35 heavy (non-hydrogen) atoms. The molecule has 0 saturated carbocycles. The number of nitrogen functional groups attached to an aromatic ring is 1. The van der Waals surface area contributed by atoms with E-state index in [1.54, 1.807) is 13.0 Å². The fourth-order valence-corrected chi connectivity index (χ4v) is 3.79. The van der Waals surface area contributed by atoms with Crippen LogP contribution in [0.3, 0.4) is 0 Å². The maximum absolute atomic E-state index is 12.0. The zero-order valence-electron chi connectivity index (χ0n) is 19.6. The van der Waals surface area contributed by atoms with E-state index in [9.17, 15) is 19.6 Å². The van der Waals surface area contributed by atoms with Gasteiger partial charge in [0.05, 0.1) is 26.1 Å². The topological polar surface area (TPSA) is 189 Å². The number of hydrogen-bond acceptors (Lipinski definition) is 13. The van der Waals surface area contributed by atoms with Crippen molar-refractivity contribution in [3.05, 3.63) is 24.2 Å². The Hall–Kier alpha value is -3.80. The van der Waals surface area contributed by atoms with Crippen LogP contribution in [-0.4, -0.2) is 77.3 Å². The van der Waals surface area contributed by atoms with Gasteiger partial charge in [-0.05, 0) is 19.1 Å². The summed E-state index contributed by atoms with van der Waals surface area (Å²) in [5, 5.41) is 17.3. The number of hydrogen-bond donors (Lipinski definition) is 2. The molecular formula is C21H26N6O8. The Kier molecular flexibility index (Phi) is 7.85. The molecule has 1 aliphatic heterocycles. The van der Waals surface area contributed by atoms with E-state index in [4.69, 9.17) is 24.7 Å². The van der Waals surface area contributed by atoms with E-state index in [-0.39, 0.29) is 24.8 Å². The minimum atomic E-state index is -1.93. The second-order valence-corrected chi connectivity index (χ2v) is 7.73. The molecule has 3 rings (SSSR count). The zero-order valence-corrected chi connectivity index (χ0v) is 19.6. The fraction of sp³-hybridized carbons (Fsp3) is 0.524. The van der Waals surface area contributed by atoms with Crippen LogP contribution in [0.4, 0.5) is 5.82 Å². The number of esters is 3. The molecule has 188 valence electrons. The molecule has 1 saturated heterocycles. The monoisotopic (exact) mass is 490 g/mol. The number of carbonyl (C=O) groups is 3. The molecule has 0 aliphatic carbocycles. The first-order valence-electron chi connectivity index (χ1n) is 10.6. The van der Waals surface area contributed by atoms with Crippen molar-refractivity contribution in [1.29, 1.82) is 5.26 Å². The van der Waals surface area contributed by atoms with Gasteiger partial charge in [0, 0.05) is 13.8 Å². The van der Waals surface area contributed by atoms with E-state index < -0.39 is 47.9 Å². The molecule has 0 unspecified atom stereocenters. The number of methoxy groups -OCH3 is 1. The van der Waals surface area contributed by atoms with Gasteiger partial charge < -0.3 is 29.4 Å². The molecule has 0 bridgehead atoms. The average Bonchev–Trinajstić information content (AvgIpc) is 3.37. The molecular weight excluding hydrogens is 464 g/mol. The van der Waals surface area contributed by atoms with Crippen LogP contribution < -0.4 is 11.1 Å². The number of rotatable bonds is 9. The normalized spacial score (nSPS) is 24.5. The fourth-order valence-electron chi connectivity index (χ4n) is 3.79. The van der Waals surface area contributed by atoms with Gasteiger partial charge in [0.2, 0.25) is 5.60 Å². The molecule has 14 heteroatoms. The summed E-state index contributed by atoms with van der Waals surface area (Å²) in [5.74, 6) is -1.73. The quantitative estimate of drug-likeness (QED) is 0.197. The van der Waals surface area contributed by atoms with Crippen molar-refractivity contribution in [2.24, 2.45) is 0 Å². The van der Waals surface area contributed by atoms with Gasteiger partial charge in [-0.2, -0.15) is 10.4 Å². The third-order valence-electron chi connectivity index (χ3n) is 5.35. The largest absolute Gasteiger partial charge is 0.468 e. The van der Waals surface area contributed by atoms with Crippen molar-refractivity contribution in [3.63, 3.8) is 0 Å². The van der Waals surface area contributed by atoms with E-state index in [1.807, 2.05) is 0 Å². The third kappa shape index (κ3) is 5.16. The number of nitrogens with one attached hydrogen (secondary N) is 1. The van der Waals surface area contributed by atoms with Crippen LogP contribution in [0.25, 0.3) is 5.52 Å². The summed E-state index contributed by atoms with van der Waals surface area (Å²) in [6.45, 7) is 3.66. The lowest BCUT2D eigenvalue weighted by atomic mass is 9.92. The summed E-state index contributed by atoms with van der Waals surface area (Å²) in [4.78, 5) is 39.4. The molecule has 0 radical (unpaired) electrons.